The van der Waals surface area contributed by atoms with Crippen molar-refractivity contribution in [2.24, 2.45) is 4.99 Å². The molecule has 20 heavy (non-hydrogen) atoms. The van der Waals surface area contributed by atoms with Crippen molar-refractivity contribution in [2.75, 3.05) is 5.32 Å². The van der Waals surface area contributed by atoms with Crippen molar-refractivity contribution in [2.45, 2.75) is 66.0 Å². The van der Waals surface area contributed by atoms with Crippen molar-refractivity contribution in [3.63, 3.8) is 0 Å². The molecule has 0 aliphatic carbocycles. The largest absolute Gasteiger partial charge is 0.412 e. The lowest BCUT2D eigenvalue weighted by molar-refractivity contribution is 0.590. The van der Waals surface area contributed by atoms with Gasteiger partial charge in [-0.05, 0) is 28.7 Å². The monoisotopic (exact) mass is 274 g/mol. The first-order chi connectivity index (χ1) is 9.18. The second-order valence-corrected chi connectivity index (χ2v) is 6.72. The lowest BCUT2D eigenvalue weighted by atomic mass is 9.87. The third-order valence-electron chi connectivity index (χ3n) is 2.77. The van der Waals surface area contributed by atoms with Crippen LogP contribution in [-0.2, 0) is 5.41 Å². The average molecular weight is 274 g/mol. The Morgan fingerprint density at radius 1 is 1.05 bits per heavy atom. The van der Waals surface area contributed by atoms with E-state index in [1.807, 2.05) is 0 Å². The second kappa shape index (κ2) is 6.78. The van der Waals surface area contributed by atoms with Gasteiger partial charge in [-0.15, -0.1) is 0 Å². The van der Waals surface area contributed by atoms with E-state index in [0.29, 0.717) is 5.96 Å². The minimum atomic E-state index is 0.176. The Kier molecular flexibility index (Phi) is 5.61. The van der Waals surface area contributed by atoms with Gasteiger partial charge < -0.3 is 15.6 Å². The van der Waals surface area contributed by atoms with Crippen LogP contribution in [0.15, 0.2) is 29.3 Å². The number of rotatable bonds is 3. The van der Waals surface area contributed by atoms with Crippen molar-refractivity contribution >= 4 is 11.6 Å². The highest BCUT2D eigenvalue weighted by Gasteiger charge is 2.12. The fourth-order valence-electron chi connectivity index (χ4n) is 1.77. The normalized spacial score (nSPS) is 12.9. The van der Waals surface area contributed by atoms with Crippen LogP contribution >= 0.6 is 0 Å². The van der Waals surface area contributed by atoms with Crippen molar-refractivity contribution in [1.29, 1.82) is 0 Å². The van der Waals surface area contributed by atoms with E-state index in [1.54, 1.807) is 0 Å². The van der Waals surface area contributed by atoms with Gasteiger partial charge in [0.25, 0.3) is 0 Å². The third-order valence-corrected chi connectivity index (χ3v) is 2.77. The van der Waals surface area contributed by atoms with E-state index in [0.717, 1.165) is 5.69 Å². The molecule has 0 aromatic heterocycles. The lowest BCUT2D eigenvalue weighted by Gasteiger charge is -2.25. The molecule has 1 N–H and O–H groups in total. The quantitative estimate of drug-likeness (QED) is 0.615. The van der Waals surface area contributed by atoms with Gasteiger partial charge >= 0.3 is 0 Å². The molecule has 0 heterocycles. The van der Waals surface area contributed by atoms with E-state index >= 15 is 0 Å². The molecule has 0 saturated heterocycles. The van der Waals surface area contributed by atoms with Crippen LogP contribution in [0.1, 0.15) is 54.0 Å². The fourth-order valence-corrected chi connectivity index (χ4v) is 1.77. The van der Waals surface area contributed by atoms with Gasteiger partial charge in [0.2, 0.25) is 0 Å². The molecular formula is C17H28N3-. The van der Waals surface area contributed by atoms with Crippen molar-refractivity contribution in [3.8, 4) is 0 Å². The van der Waals surface area contributed by atoms with Crippen LogP contribution in [0.2, 0.25) is 0 Å². The number of nitrogens with zero attached hydrogens (tertiary/aromatic N) is 2. The zero-order chi connectivity index (χ0) is 15.3. The fraction of sp³-hybridized carbons (Fsp3) is 0.588. The lowest BCUT2D eigenvalue weighted by Crippen LogP contribution is -2.17. The number of aliphatic imine (C=N–C) groups is 1. The predicted octanol–water partition coefficient (Wildman–Crippen LogP) is 4.94. The molecule has 3 nitrogen and oxygen atoms in total. The smallest absolute Gasteiger partial charge is 0.0109 e. The molecule has 0 amide bonds. The number of anilines is 1. The molecule has 1 rings (SSSR count). The molecule has 3 heteroatoms. The maximum atomic E-state index is 4.52. The third kappa shape index (κ3) is 5.64. The first kappa shape index (κ1) is 16.5. The molecule has 0 radical (unpaired) electrons. The van der Waals surface area contributed by atoms with E-state index in [4.69, 9.17) is 0 Å². The molecule has 112 valence electrons. The highest BCUT2D eigenvalue weighted by Crippen LogP contribution is 2.23. The van der Waals surface area contributed by atoms with E-state index in [9.17, 15) is 0 Å². The SMILES string of the molecule is CC(C)N=C([N-]C(C)C)Nc1ccc(C(C)(C)C)cc1. The summed E-state index contributed by atoms with van der Waals surface area (Å²) in [5, 5.41) is 7.83. The summed E-state index contributed by atoms with van der Waals surface area (Å²) in [6, 6.07) is 8.95. The summed E-state index contributed by atoms with van der Waals surface area (Å²) >= 11 is 0. The molecule has 0 bridgehead atoms. The van der Waals surface area contributed by atoms with Crippen LogP contribution in [0.5, 0.6) is 0 Å². The standard InChI is InChI=1S/C17H28N3/c1-12(2)18-16(19-13(3)4)20-15-10-8-14(9-11-15)17(5,6)7/h8-13H,1-7H3,(H-,18,19,20)/q-1. The summed E-state index contributed by atoms with van der Waals surface area (Å²) in [5.74, 6) is 0.707. The predicted molar refractivity (Wildman–Crippen MR) is 89.8 cm³/mol. The van der Waals surface area contributed by atoms with E-state index in [-0.39, 0.29) is 17.5 Å². The van der Waals surface area contributed by atoms with Crippen molar-refractivity contribution in [1.82, 2.24) is 0 Å². The molecule has 1 aromatic rings. The Morgan fingerprint density at radius 2 is 1.60 bits per heavy atom. The molecule has 0 unspecified atom stereocenters. The van der Waals surface area contributed by atoms with Gasteiger partial charge in [-0.25, -0.2) is 0 Å². The Morgan fingerprint density at radius 3 is 2.00 bits per heavy atom. The van der Waals surface area contributed by atoms with E-state index in [2.05, 4.69) is 88.4 Å². The molecule has 0 saturated carbocycles. The van der Waals surface area contributed by atoms with Gasteiger partial charge in [0.1, 0.15) is 0 Å². The van der Waals surface area contributed by atoms with Gasteiger partial charge in [-0.1, -0.05) is 72.7 Å². The Labute approximate surface area is 123 Å². The van der Waals surface area contributed by atoms with E-state index in [1.165, 1.54) is 5.56 Å². The highest BCUT2D eigenvalue weighted by molar-refractivity contribution is 6.03. The first-order valence-electron chi connectivity index (χ1n) is 7.34. The second-order valence-electron chi connectivity index (χ2n) is 6.72. The van der Waals surface area contributed by atoms with Crippen LogP contribution < -0.4 is 5.32 Å². The highest BCUT2D eigenvalue weighted by atomic mass is 15.2. The maximum absolute atomic E-state index is 4.52. The van der Waals surface area contributed by atoms with Crippen LogP contribution in [-0.4, -0.2) is 18.0 Å². The van der Waals surface area contributed by atoms with Crippen LogP contribution in [0.25, 0.3) is 5.32 Å². The molecule has 0 atom stereocenters. The molecule has 0 fully saturated rings. The topological polar surface area (TPSA) is 38.5 Å². The summed E-state index contributed by atoms with van der Waals surface area (Å²) < 4.78 is 0. The molecule has 0 aliphatic rings. The van der Waals surface area contributed by atoms with Gasteiger partial charge in [0.05, 0.1) is 0 Å². The minimum absolute atomic E-state index is 0.176. The minimum Gasteiger partial charge on any atom is -0.412 e. The Balaban J connectivity index is 2.84. The van der Waals surface area contributed by atoms with Crippen LogP contribution in [0.4, 0.5) is 5.69 Å². The van der Waals surface area contributed by atoms with E-state index < -0.39 is 0 Å². The van der Waals surface area contributed by atoms with Gasteiger partial charge in [0.15, 0.2) is 0 Å². The number of hydrogen-bond donors (Lipinski definition) is 1. The summed E-state index contributed by atoms with van der Waals surface area (Å²) in [6.07, 6.45) is 0. The Bertz CT molecular complexity index is 436. The number of benzene rings is 1. The van der Waals surface area contributed by atoms with Crippen LogP contribution in [0.3, 0.4) is 0 Å². The number of hydrogen-bond acceptors (Lipinski definition) is 1. The number of nitrogens with one attached hydrogen (secondary N) is 1. The molecule has 1 aromatic carbocycles. The zero-order valence-corrected chi connectivity index (χ0v) is 13.9. The van der Waals surface area contributed by atoms with Gasteiger partial charge in [-0.3, -0.25) is 0 Å². The summed E-state index contributed by atoms with van der Waals surface area (Å²) in [7, 11) is 0. The maximum Gasteiger partial charge on any atom is 0.0109 e. The van der Waals surface area contributed by atoms with Crippen molar-refractivity contribution in [3.05, 3.63) is 35.1 Å². The van der Waals surface area contributed by atoms with Crippen molar-refractivity contribution < 1.29 is 0 Å². The Hall–Kier alpha value is -1.51. The molecule has 0 spiro atoms. The van der Waals surface area contributed by atoms with Gasteiger partial charge in [0, 0.05) is 5.96 Å². The average Bonchev–Trinajstić information content (AvgIpc) is 2.26. The van der Waals surface area contributed by atoms with Gasteiger partial charge in [-0.2, -0.15) is 0 Å². The summed E-state index contributed by atoms with van der Waals surface area (Å²) in [4.78, 5) is 4.52. The molecule has 0 aliphatic heterocycles. The van der Waals surface area contributed by atoms with Crippen LogP contribution in [0, 0.1) is 0 Å². The summed E-state index contributed by atoms with van der Waals surface area (Å²) in [5.41, 5.74) is 2.53. The zero-order valence-electron chi connectivity index (χ0n) is 13.9. The molecular weight excluding hydrogens is 246 g/mol. The number of guanidine groups is 1. The summed E-state index contributed by atoms with van der Waals surface area (Å²) in [6.45, 7) is 14.9. The first-order valence-corrected chi connectivity index (χ1v) is 7.34.